The minimum Gasteiger partial charge on any atom is -0.312 e. The second-order valence-corrected chi connectivity index (χ2v) is 8.10. The zero-order valence-corrected chi connectivity index (χ0v) is 13.6. The average molecular weight is 314 g/mol. The van der Waals surface area contributed by atoms with Crippen LogP contribution in [0.15, 0.2) is 23.1 Å². The SMILES string of the molecule is Cc1cc(F)ccc1S(=O)(=O)NCC1NCCCC1(C)C. The number of rotatable bonds is 4. The summed E-state index contributed by atoms with van der Waals surface area (Å²) in [5.41, 5.74) is 0.469. The maximum absolute atomic E-state index is 13.1. The van der Waals surface area contributed by atoms with Gasteiger partial charge in [0.1, 0.15) is 5.82 Å². The van der Waals surface area contributed by atoms with Gasteiger partial charge in [-0.05, 0) is 55.5 Å². The van der Waals surface area contributed by atoms with Gasteiger partial charge in [0.15, 0.2) is 0 Å². The number of hydrogen-bond acceptors (Lipinski definition) is 3. The third kappa shape index (κ3) is 3.81. The lowest BCUT2D eigenvalue weighted by Gasteiger charge is -2.39. The maximum Gasteiger partial charge on any atom is 0.240 e. The van der Waals surface area contributed by atoms with Gasteiger partial charge in [-0.25, -0.2) is 17.5 Å². The Morgan fingerprint density at radius 3 is 2.76 bits per heavy atom. The van der Waals surface area contributed by atoms with Crippen LogP contribution in [0.5, 0.6) is 0 Å². The van der Waals surface area contributed by atoms with Crippen LogP contribution in [0, 0.1) is 18.2 Å². The van der Waals surface area contributed by atoms with Gasteiger partial charge >= 0.3 is 0 Å². The second kappa shape index (κ2) is 6.02. The Morgan fingerprint density at radius 1 is 1.43 bits per heavy atom. The number of halogens is 1. The van der Waals surface area contributed by atoms with E-state index in [0.717, 1.165) is 19.4 Å². The Labute approximate surface area is 126 Å². The van der Waals surface area contributed by atoms with Gasteiger partial charge in [0, 0.05) is 12.6 Å². The molecule has 118 valence electrons. The molecule has 1 atom stereocenters. The molecule has 1 heterocycles. The summed E-state index contributed by atoms with van der Waals surface area (Å²) in [6.45, 7) is 7.13. The van der Waals surface area contributed by atoms with Crippen LogP contribution in [-0.4, -0.2) is 27.5 Å². The number of nitrogens with one attached hydrogen (secondary N) is 2. The Kier molecular flexibility index (Phi) is 4.70. The molecule has 21 heavy (non-hydrogen) atoms. The van der Waals surface area contributed by atoms with E-state index in [1.807, 2.05) is 0 Å². The zero-order valence-electron chi connectivity index (χ0n) is 12.7. The molecule has 1 saturated heterocycles. The molecule has 6 heteroatoms. The summed E-state index contributed by atoms with van der Waals surface area (Å²) in [4.78, 5) is 0.137. The van der Waals surface area contributed by atoms with Crippen LogP contribution in [0.4, 0.5) is 4.39 Å². The first-order chi connectivity index (χ1) is 9.72. The predicted molar refractivity (Wildman–Crippen MR) is 81.1 cm³/mol. The fourth-order valence-corrected chi connectivity index (χ4v) is 4.08. The van der Waals surface area contributed by atoms with E-state index < -0.39 is 15.8 Å². The molecule has 0 saturated carbocycles. The van der Waals surface area contributed by atoms with Crippen LogP contribution < -0.4 is 10.0 Å². The summed E-state index contributed by atoms with van der Waals surface area (Å²) in [7, 11) is -3.61. The van der Waals surface area contributed by atoms with Crippen molar-refractivity contribution < 1.29 is 12.8 Å². The second-order valence-electron chi connectivity index (χ2n) is 6.36. The van der Waals surface area contributed by atoms with Gasteiger partial charge in [-0.1, -0.05) is 13.8 Å². The quantitative estimate of drug-likeness (QED) is 0.896. The Bertz CT molecular complexity index is 614. The first-order valence-electron chi connectivity index (χ1n) is 7.21. The van der Waals surface area contributed by atoms with Crippen molar-refractivity contribution in [2.45, 2.75) is 44.6 Å². The van der Waals surface area contributed by atoms with Crippen LogP contribution in [0.3, 0.4) is 0 Å². The molecule has 1 unspecified atom stereocenters. The van der Waals surface area contributed by atoms with Crippen molar-refractivity contribution in [2.75, 3.05) is 13.1 Å². The molecule has 1 aromatic carbocycles. The number of benzene rings is 1. The van der Waals surface area contributed by atoms with E-state index in [-0.39, 0.29) is 16.4 Å². The molecule has 0 amide bonds. The lowest BCUT2D eigenvalue weighted by atomic mass is 9.78. The van der Waals surface area contributed by atoms with E-state index in [9.17, 15) is 12.8 Å². The summed E-state index contributed by atoms with van der Waals surface area (Å²) in [6, 6.07) is 3.82. The summed E-state index contributed by atoms with van der Waals surface area (Å²) < 4.78 is 40.5. The number of hydrogen-bond donors (Lipinski definition) is 2. The minimum atomic E-state index is -3.61. The highest BCUT2D eigenvalue weighted by atomic mass is 32.2. The van der Waals surface area contributed by atoms with Gasteiger partial charge in [0.25, 0.3) is 0 Å². The standard InChI is InChI=1S/C15H23FN2O2S/c1-11-9-12(16)5-6-13(11)21(19,20)18-10-14-15(2,3)7-4-8-17-14/h5-6,9,14,17-18H,4,7-8,10H2,1-3H3. The van der Waals surface area contributed by atoms with Gasteiger partial charge in [0.2, 0.25) is 10.0 Å². The first kappa shape index (κ1) is 16.4. The third-order valence-electron chi connectivity index (χ3n) is 4.24. The van der Waals surface area contributed by atoms with Crippen molar-refractivity contribution in [3.8, 4) is 0 Å². The first-order valence-corrected chi connectivity index (χ1v) is 8.70. The summed E-state index contributed by atoms with van der Waals surface area (Å²) in [6.07, 6.45) is 2.18. The fourth-order valence-electron chi connectivity index (χ4n) is 2.80. The van der Waals surface area contributed by atoms with Gasteiger partial charge in [0.05, 0.1) is 4.90 Å². The van der Waals surface area contributed by atoms with Gasteiger partial charge in [-0.3, -0.25) is 0 Å². The van der Waals surface area contributed by atoms with E-state index in [1.54, 1.807) is 6.92 Å². The van der Waals surface area contributed by atoms with Crippen LogP contribution in [0.25, 0.3) is 0 Å². The number of piperidine rings is 1. The normalized spacial score (nSPS) is 22.2. The van der Waals surface area contributed by atoms with Gasteiger partial charge < -0.3 is 5.32 Å². The van der Waals surface area contributed by atoms with Crippen molar-refractivity contribution in [2.24, 2.45) is 5.41 Å². The highest BCUT2D eigenvalue weighted by molar-refractivity contribution is 7.89. The minimum absolute atomic E-state index is 0.0542. The van der Waals surface area contributed by atoms with Gasteiger partial charge in [-0.2, -0.15) is 0 Å². The van der Waals surface area contributed by atoms with Crippen molar-refractivity contribution in [3.05, 3.63) is 29.6 Å². The van der Waals surface area contributed by atoms with Crippen LogP contribution in [-0.2, 0) is 10.0 Å². The van der Waals surface area contributed by atoms with Crippen LogP contribution in [0.2, 0.25) is 0 Å². The van der Waals surface area contributed by atoms with E-state index in [4.69, 9.17) is 0 Å². The predicted octanol–water partition coefficient (Wildman–Crippen LogP) is 2.19. The molecule has 4 nitrogen and oxygen atoms in total. The number of sulfonamides is 1. The molecule has 2 rings (SSSR count). The molecular formula is C15H23FN2O2S. The molecule has 1 aliphatic heterocycles. The highest BCUT2D eigenvalue weighted by Gasteiger charge is 2.32. The maximum atomic E-state index is 13.1. The average Bonchev–Trinajstić information content (AvgIpc) is 2.36. The van der Waals surface area contributed by atoms with Crippen molar-refractivity contribution >= 4 is 10.0 Å². The largest absolute Gasteiger partial charge is 0.312 e. The molecule has 0 radical (unpaired) electrons. The molecule has 1 aromatic rings. The van der Waals surface area contributed by atoms with Gasteiger partial charge in [-0.15, -0.1) is 0 Å². The smallest absolute Gasteiger partial charge is 0.240 e. The van der Waals surface area contributed by atoms with E-state index in [1.165, 1.54) is 18.2 Å². The van der Waals surface area contributed by atoms with Crippen molar-refractivity contribution in [1.29, 1.82) is 0 Å². The van der Waals surface area contributed by atoms with Crippen molar-refractivity contribution in [3.63, 3.8) is 0 Å². The Hall–Kier alpha value is -0.980. The summed E-state index contributed by atoms with van der Waals surface area (Å²) in [5, 5.41) is 3.37. The van der Waals surface area contributed by atoms with E-state index >= 15 is 0 Å². The summed E-state index contributed by atoms with van der Waals surface area (Å²) >= 11 is 0. The molecular weight excluding hydrogens is 291 g/mol. The lowest BCUT2D eigenvalue weighted by Crippen LogP contribution is -2.52. The number of aryl methyl sites for hydroxylation is 1. The molecule has 0 bridgehead atoms. The van der Waals surface area contributed by atoms with E-state index in [0.29, 0.717) is 12.1 Å². The monoisotopic (exact) mass is 314 g/mol. The van der Waals surface area contributed by atoms with Crippen LogP contribution >= 0.6 is 0 Å². The molecule has 1 aliphatic rings. The summed E-state index contributed by atoms with van der Waals surface area (Å²) in [5.74, 6) is -0.429. The van der Waals surface area contributed by atoms with E-state index in [2.05, 4.69) is 23.9 Å². The molecule has 0 spiro atoms. The molecule has 1 fully saturated rings. The molecule has 2 N–H and O–H groups in total. The third-order valence-corrected chi connectivity index (χ3v) is 5.82. The lowest BCUT2D eigenvalue weighted by molar-refractivity contribution is 0.181. The molecule has 0 aromatic heterocycles. The highest BCUT2D eigenvalue weighted by Crippen LogP contribution is 2.29. The molecule has 0 aliphatic carbocycles. The Morgan fingerprint density at radius 2 is 2.14 bits per heavy atom. The zero-order chi connectivity index (χ0) is 15.7. The van der Waals surface area contributed by atoms with Crippen molar-refractivity contribution in [1.82, 2.24) is 10.0 Å². The Balaban J connectivity index is 2.11. The topological polar surface area (TPSA) is 58.2 Å². The van der Waals surface area contributed by atoms with Crippen LogP contribution in [0.1, 0.15) is 32.3 Å². The fraction of sp³-hybridized carbons (Fsp3) is 0.600.